The quantitative estimate of drug-likeness (QED) is 0.705. The number of nitrogens with one attached hydrogen (secondary N) is 1. The maximum absolute atomic E-state index is 13.7. The second-order valence-corrected chi connectivity index (χ2v) is 5.74. The van der Waals surface area contributed by atoms with Crippen molar-refractivity contribution in [1.29, 1.82) is 0 Å². The lowest BCUT2D eigenvalue weighted by molar-refractivity contribution is 0.100. The third-order valence-electron chi connectivity index (χ3n) is 3.20. The number of carbonyl (C=O) groups is 1. The van der Waals surface area contributed by atoms with Crippen LogP contribution < -0.4 is 5.73 Å². The van der Waals surface area contributed by atoms with Crippen LogP contribution in [0.5, 0.6) is 0 Å². The first-order valence-corrected chi connectivity index (χ1v) is 7.81. The second kappa shape index (κ2) is 6.62. The van der Waals surface area contributed by atoms with Gasteiger partial charge >= 0.3 is 0 Å². The Morgan fingerprint density at radius 3 is 2.61 bits per heavy atom. The average Bonchev–Trinajstić information content (AvgIpc) is 3.02. The molecule has 0 atom stereocenters. The van der Waals surface area contributed by atoms with Crippen LogP contribution in [0.3, 0.4) is 0 Å². The molecule has 0 aliphatic carbocycles. The summed E-state index contributed by atoms with van der Waals surface area (Å²) in [6.07, 6.45) is 0. The Morgan fingerprint density at radius 1 is 1.17 bits per heavy atom. The van der Waals surface area contributed by atoms with E-state index in [1.807, 2.05) is 12.1 Å². The van der Waals surface area contributed by atoms with Crippen molar-refractivity contribution in [2.45, 2.75) is 10.9 Å². The van der Waals surface area contributed by atoms with Gasteiger partial charge in [0.25, 0.3) is 0 Å². The van der Waals surface area contributed by atoms with Crippen LogP contribution in [0.1, 0.15) is 15.9 Å². The number of carbonyl (C=O) groups excluding carboxylic acids is 1. The summed E-state index contributed by atoms with van der Waals surface area (Å²) in [5.74, 6) is 0.234. The van der Waals surface area contributed by atoms with E-state index in [4.69, 9.17) is 5.73 Å². The molecule has 3 N–H and O–H groups in total. The molecule has 5 nitrogen and oxygen atoms in total. The summed E-state index contributed by atoms with van der Waals surface area (Å²) < 4.78 is 13.7. The number of hydrogen-bond donors (Lipinski definition) is 2. The lowest BCUT2D eigenvalue weighted by atomic mass is 10.1. The van der Waals surface area contributed by atoms with E-state index < -0.39 is 5.91 Å². The van der Waals surface area contributed by atoms with E-state index in [1.54, 1.807) is 30.3 Å². The van der Waals surface area contributed by atoms with Crippen LogP contribution in [0.2, 0.25) is 0 Å². The molecule has 1 amide bonds. The number of H-pyrrole nitrogens is 1. The topological polar surface area (TPSA) is 84.7 Å². The fourth-order valence-electron chi connectivity index (χ4n) is 2.00. The number of nitrogens with two attached hydrogens (primary N) is 1. The Hall–Kier alpha value is -2.67. The predicted octanol–water partition coefficient (Wildman–Crippen LogP) is 3.00. The zero-order valence-corrected chi connectivity index (χ0v) is 12.8. The lowest BCUT2D eigenvalue weighted by Gasteiger charge is -2.00. The molecular formula is C16H13FN4OS. The van der Waals surface area contributed by atoms with E-state index in [9.17, 15) is 9.18 Å². The van der Waals surface area contributed by atoms with Crippen LogP contribution in [-0.4, -0.2) is 21.1 Å². The molecule has 3 rings (SSSR count). The van der Waals surface area contributed by atoms with Gasteiger partial charge in [-0.3, -0.25) is 9.89 Å². The average molecular weight is 328 g/mol. The van der Waals surface area contributed by atoms with Gasteiger partial charge in [0.2, 0.25) is 11.1 Å². The number of primary amides is 1. The Kier molecular flexibility index (Phi) is 4.38. The maximum atomic E-state index is 13.7. The Morgan fingerprint density at radius 2 is 1.91 bits per heavy atom. The zero-order valence-electron chi connectivity index (χ0n) is 12.0. The van der Waals surface area contributed by atoms with Crippen molar-refractivity contribution in [2.24, 2.45) is 5.73 Å². The van der Waals surface area contributed by atoms with Crippen molar-refractivity contribution in [3.63, 3.8) is 0 Å². The molecule has 7 heteroatoms. The minimum absolute atomic E-state index is 0.345. The highest BCUT2D eigenvalue weighted by molar-refractivity contribution is 7.98. The molecule has 23 heavy (non-hydrogen) atoms. The molecule has 0 saturated carbocycles. The summed E-state index contributed by atoms with van der Waals surface area (Å²) in [5.41, 5.74) is 7.07. The normalized spacial score (nSPS) is 10.7. The summed E-state index contributed by atoms with van der Waals surface area (Å²) in [4.78, 5) is 15.3. The molecule has 0 aliphatic rings. The van der Waals surface area contributed by atoms with Crippen LogP contribution in [0.4, 0.5) is 4.39 Å². The van der Waals surface area contributed by atoms with E-state index in [2.05, 4.69) is 15.2 Å². The van der Waals surface area contributed by atoms with E-state index >= 15 is 0 Å². The van der Waals surface area contributed by atoms with Crippen LogP contribution in [-0.2, 0) is 5.75 Å². The first-order valence-electron chi connectivity index (χ1n) is 6.82. The van der Waals surface area contributed by atoms with Gasteiger partial charge in [0.05, 0.1) is 5.56 Å². The number of aromatic nitrogens is 3. The molecular weight excluding hydrogens is 315 g/mol. The fourth-order valence-corrected chi connectivity index (χ4v) is 2.75. The van der Waals surface area contributed by atoms with Crippen LogP contribution in [0.25, 0.3) is 11.4 Å². The molecule has 0 aliphatic heterocycles. The first-order chi connectivity index (χ1) is 11.1. The number of aromatic amines is 1. The lowest BCUT2D eigenvalue weighted by Crippen LogP contribution is -2.10. The largest absolute Gasteiger partial charge is 0.366 e. The van der Waals surface area contributed by atoms with E-state index in [0.717, 1.165) is 5.56 Å². The van der Waals surface area contributed by atoms with E-state index in [1.165, 1.54) is 17.8 Å². The highest BCUT2D eigenvalue weighted by Gasteiger charge is 2.10. The van der Waals surface area contributed by atoms with Gasteiger partial charge in [-0.1, -0.05) is 36.0 Å². The fraction of sp³-hybridized carbons (Fsp3) is 0.0625. The number of amides is 1. The molecule has 0 spiro atoms. The SMILES string of the molecule is NC(=O)c1ccc(CSc2n[nH]c(-c3ccccc3F)n2)cc1. The van der Waals surface area contributed by atoms with Crippen LogP contribution >= 0.6 is 11.8 Å². The zero-order chi connectivity index (χ0) is 16.2. The maximum Gasteiger partial charge on any atom is 0.248 e. The molecule has 2 aromatic carbocycles. The molecule has 0 bridgehead atoms. The molecule has 3 aromatic rings. The number of nitrogens with zero attached hydrogens (tertiary/aromatic N) is 2. The van der Waals surface area contributed by atoms with Crippen molar-refractivity contribution in [3.8, 4) is 11.4 Å². The summed E-state index contributed by atoms with van der Waals surface area (Å²) in [6, 6.07) is 13.4. The summed E-state index contributed by atoms with van der Waals surface area (Å²) in [7, 11) is 0. The van der Waals surface area contributed by atoms with Crippen LogP contribution in [0, 0.1) is 5.82 Å². The minimum atomic E-state index is -0.451. The highest BCUT2D eigenvalue weighted by atomic mass is 32.2. The highest BCUT2D eigenvalue weighted by Crippen LogP contribution is 2.23. The summed E-state index contributed by atoms with van der Waals surface area (Å²) in [5, 5.41) is 7.35. The Balaban J connectivity index is 1.68. The van der Waals surface area contributed by atoms with Crippen molar-refractivity contribution in [2.75, 3.05) is 0 Å². The third kappa shape index (κ3) is 3.57. The number of hydrogen-bond acceptors (Lipinski definition) is 4. The van der Waals surface area contributed by atoms with Crippen molar-refractivity contribution >= 4 is 17.7 Å². The monoisotopic (exact) mass is 328 g/mol. The predicted molar refractivity (Wildman–Crippen MR) is 86.3 cm³/mol. The van der Waals surface area contributed by atoms with Gasteiger partial charge < -0.3 is 5.73 Å². The standard InChI is InChI=1S/C16H13FN4OS/c17-13-4-2-1-3-12(13)15-19-16(21-20-15)23-9-10-5-7-11(8-6-10)14(18)22/h1-8H,9H2,(H2,18,22)(H,19,20,21). The molecule has 0 fully saturated rings. The number of halogens is 1. The smallest absolute Gasteiger partial charge is 0.248 e. The van der Waals surface area contributed by atoms with Gasteiger partial charge in [-0.15, -0.1) is 5.10 Å². The molecule has 0 unspecified atom stereocenters. The van der Waals surface area contributed by atoms with E-state index in [0.29, 0.717) is 27.9 Å². The van der Waals surface area contributed by atoms with Crippen molar-refractivity contribution < 1.29 is 9.18 Å². The van der Waals surface area contributed by atoms with E-state index in [-0.39, 0.29) is 5.82 Å². The molecule has 1 aromatic heterocycles. The van der Waals surface area contributed by atoms with Crippen molar-refractivity contribution in [3.05, 3.63) is 65.5 Å². The molecule has 1 heterocycles. The Labute approximate surface area is 136 Å². The third-order valence-corrected chi connectivity index (χ3v) is 4.12. The molecule has 0 saturated heterocycles. The van der Waals surface area contributed by atoms with Gasteiger partial charge in [-0.25, -0.2) is 9.37 Å². The van der Waals surface area contributed by atoms with Crippen molar-refractivity contribution in [1.82, 2.24) is 15.2 Å². The Bertz CT molecular complexity index is 832. The number of benzene rings is 2. The molecule has 116 valence electrons. The van der Waals surface area contributed by atoms with Gasteiger partial charge in [-0.05, 0) is 29.8 Å². The molecule has 0 radical (unpaired) electrons. The van der Waals surface area contributed by atoms with Gasteiger partial charge in [0, 0.05) is 11.3 Å². The van der Waals surface area contributed by atoms with Gasteiger partial charge in [0.15, 0.2) is 5.82 Å². The van der Waals surface area contributed by atoms with Crippen LogP contribution in [0.15, 0.2) is 53.7 Å². The summed E-state index contributed by atoms with van der Waals surface area (Å²) in [6.45, 7) is 0. The number of thioether (sulfide) groups is 1. The minimum Gasteiger partial charge on any atom is -0.366 e. The van der Waals surface area contributed by atoms with Gasteiger partial charge in [-0.2, -0.15) is 0 Å². The number of rotatable bonds is 5. The summed E-state index contributed by atoms with van der Waals surface area (Å²) >= 11 is 1.42. The first kappa shape index (κ1) is 15.2. The second-order valence-electron chi connectivity index (χ2n) is 4.80. The van der Waals surface area contributed by atoms with Gasteiger partial charge in [0.1, 0.15) is 5.82 Å².